The largest absolute Gasteiger partial charge is 0.354 e. The molecule has 3 nitrogen and oxygen atoms in total. The molecule has 2 aliphatic heterocycles. The van der Waals surface area contributed by atoms with Gasteiger partial charge in [-0.05, 0) is 32.1 Å². The van der Waals surface area contributed by atoms with Crippen molar-refractivity contribution in [1.82, 2.24) is 4.90 Å². The van der Waals surface area contributed by atoms with E-state index in [4.69, 9.17) is 4.74 Å². The summed E-state index contributed by atoms with van der Waals surface area (Å²) < 4.78 is 5.67. The molecule has 0 aromatic carbocycles. The molecular formula is C11H17NO2. The zero-order chi connectivity index (χ0) is 10.1. The maximum absolute atomic E-state index is 12.1. The molecule has 3 heteroatoms. The summed E-state index contributed by atoms with van der Waals surface area (Å²) in [5.74, 6) is 1.92. The Labute approximate surface area is 84.4 Å². The lowest BCUT2D eigenvalue weighted by molar-refractivity contribution is -0.150. The molecule has 4 atom stereocenters. The lowest BCUT2D eigenvalue weighted by Crippen LogP contribution is -2.51. The van der Waals surface area contributed by atoms with Crippen molar-refractivity contribution in [1.29, 1.82) is 0 Å². The van der Waals surface area contributed by atoms with Crippen molar-refractivity contribution in [3.8, 4) is 0 Å². The predicted octanol–water partition coefficient (Wildman–Crippen LogP) is 1.24. The quantitative estimate of drug-likeness (QED) is 0.582. The molecule has 2 saturated heterocycles. The number of hydrogen-bond acceptors (Lipinski definition) is 2. The van der Waals surface area contributed by atoms with Crippen LogP contribution in [0, 0.1) is 17.8 Å². The highest BCUT2D eigenvalue weighted by Gasteiger charge is 2.62. The van der Waals surface area contributed by atoms with E-state index in [1.54, 1.807) is 0 Å². The molecule has 4 unspecified atom stereocenters. The van der Waals surface area contributed by atoms with Gasteiger partial charge in [0.1, 0.15) is 5.72 Å². The third-order valence-electron chi connectivity index (χ3n) is 4.20. The third-order valence-corrected chi connectivity index (χ3v) is 4.20. The van der Waals surface area contributed by atoms with Crippen LogP contribution in [0.4, 0.5) is 0 Å². The number of hydrogen-bond donors (Lipinski definition) is 0. The number of rotatable bonds is 0. The van der Waals surface area contributed by atoms with Crippen molar-refractivity contribution in [2.75, 3.05) is 6.61 Å². The van der Waals surface area contributed by atoms with Gasteiger partial charge in [-0.15, -0.1) is 0 Å². The Hall–Kier alpha value is -0.570. The van der Waals surface area contributed by atoms with Crippen LogP contribution in [0.15, 0.2) is 0 Å². The molecule has 1 aliphatic carbocycles. The molecule has 0 N–H and O–H groups in total. The van der Waals surface area contributed by atoms with E-state index in [9.17, 15) is 4.79 Å². The summed E-state index contributed by atoms with van der Waals surface area (Å²) in [7, 11) is 0. The molecule has 0 aromatic heterocycles. The number of piperidine rings is 1. The molecule has 0 radical (unpaired) electrons. The molecule has 3 rings (SSSR count). The maximum atomic E-state index is 12.1. The highest BCUT2D eigenvalue weighted by molar-refractivity contribution is 5.84. The Balaban J connectivity index is 1.92. The van der Waals surface area contributed by atoms with E-state index in [2.05, 4.69) is 6.92 Å². The summed E-state index contributed by atoms with van der Waals surface area (Å²) >= 11 is 0. The van der Waals surface area contributed by atoms with Crippen LogP contribution in [0.2, 0.25) is 0 Å². The molecule has 14 heavy (non-hydrogen) atoms. The standard InChI is InChI=1S/C11H17NO2/c1-6-8-4-7-5-14-11(2,3)12(7)10(13)9(6)8/h6-9H,4-5H2,1-3H3. The minimum atomic E-state index is -0.366. The summed E-state index contributed by atoms with van der Waals surface area (Å²) in [4.78, 5) is 14.1. The normalized spacial score (nSPS) is 48.8. The Morgan fingerprint density at radius 1 is 1.50 bits per heavy atom. The SMILES string of the molecule is CC1C2CC3COC(C)(C)N3C(=O)C12. The first-order valence-corrected chi connectivity index (χ1v) is 5.49. The fourth-order valence-corrected chi connectivity index (χ4v) is 3.29. The molecule has 3 fully saturated rings. The number of ether oxygens (including phenoxy) is 1. The van der Waals surface area contributed by atoms with Gasteiger partial charge in [0.25, 0.3) is 0 Å². The number of fused-ring (bicyclic) bond motifs is 2. The first kappa shape index (κ1) is 8.72. The van der Waals surface area contributed by atoms with Gasteiger partial charge in [-0.2, -0.15) is 0 Å². The van der Waals surface area contributed by atoms with Gasteiger partial charge < -0.3 is 9.64 Å². The van der Waals surface area contributed by atoms with Gasteiger partial charge >= 0.3 is 0 Å². The molecule has 78 valence electrons. The van der Waals surface area contributed by atoms with Crippen LogP contribution in [-0.4, -0.2) is 29.2 Å². The smallest absolute Gasteiger partial charge is 0.228 e. The molecule has 2 heterocycles. The lowest BCUT2D eigenvalue weighted by Gasteiger charge is -2.36. The number of carbonyl (C=O) groups is 1. The van der Waals surface area contributed by atoms with E-state index in [0.29, 0.717) is 29.7 Å². The zero-order valence-corrected chi connectivity index (χ0v) is 8.99. The Morgan fingerprint density at radius 2 is 2.21 bits per heavy atom. The van der Waals surface area contributed by atoms with E-state index in [-0.39, 0.29) is 5.72 Å². The summed E-state index contributed by atoms with van der Waals surface area (Å²) in [5.41, 5.74) is -0.366. The second-order valence-corrected chi connectivity index (χ2v) is 5.40. The average Bonchev–Trinajstić information content (AvgIpc) is 2.62. The molecule has 0 spiro atoms. The molecular weight excluding hydrogens is 178 g/mol. The second kappa shape index (κ2) is 2.32. The van der Waals surface area contributed by atoms with Crippen molar-refractivity contribution in [2.24, 2.45) is 17.8 Å². The molecule has 0 bridgehead atoms. The van der Waals surface area contributed by atoms with Gasteiger partial charge in [0.15, 0.2) is 0 Å². The first-order valence-electron chi connectivity index (χ1n) is 5.49. The van der Waals surface area contributed by atoms with E-state index >= 15 is 0 Å². The van der Waals surface area contributed by atoms with E-state index in [1.807, 2.05) is 18.7 Å². The van der Waals surface area contributed by atoms with Crippen LogP contribution in [-0.2, 0) is 9.53 Å². The van der Waals surface area contributed by atoms with Crippen LogP contribution >= 0.6 is 0 Å². The number of carbonyl (C=O) groups excluding carboxylic acids is 1. The molecule has 0 aromatic rings. The van der Waals surface area contributed by atoms with E-state index in [1.165, 1.54) is 0 Å². The van der Waals surface area contributed by atoms with Crippen LogP contribution < -0.4 is 0 Å². The van der Waals surface area contributed by atoms with Crippen LogP contribution in [0.3, 0.4) is 0 Å². The van der Waals surface area contributed by atoms with Gasteiger partial charge in [0, 0.05) is 5.92 Å². The summed E-state index contributed by atoms with van der Waals surface area (Å²) in [6, 6.07) is 0.351. The molecule has 1 amide bonds. The first-order chi connectivity index (χ1) is 6.52. The Morgan fingerprint density at radius 3 is 2.93 bits per heavy atom. The monoisotopic (exact) mass is 195 g/mol. The van der Waals surface area contributed by atoms with Gasteiger partial charge in [-0.1, -0.05) is 6.92 Å². The van der Waals surface area contributed by atoms with Gasteiger partial charge in [0.2, 0.25) is 5.91 Å². The van der Waals surface area contributed by atoms with E-state index < -0.39 is 0 Å². The minimum absolute atomic E-state index is 0.312. The highest BCUT2D eigenvalue weighted by Crippen LogP contribution is 2.55. The van der Waals surface area contributed by atoms with Gasteiger partial charge in [-0.3, -0.25) is 4.79 Å². The fraction of sp³-hybridized carbons (Fsp3) is 0.909. The Kier molecular flexibility index (Phi) is 1.45. The van der Waals surface area contributed by atoms with E-state index in [0.717, 1.165) is 13.0 Å². The highest BCUT2D eigenvalue weighted by atomic mass is 16.5. The number of amides is 1. The van der Waals surface area contributed by atoms with Crippen molar-refractivity contribution in [3.05, 3.63) is 0 Å². The maximum Gasteiger partial charge on any atom is 0.228 e. The van der Waals surface area contributed by atoms with Crippen LogP contribution in [0.25, 0.3) is 0 Å². The summed E-state index contributed by atoms with van der Waals surface area (Å²) in [6.45, 7) is 6.93. The molecule has 3 aliphatic rings. The topological polar surface area (TPSA) is 29.5 Å². The van der Waals surface area contributed by atoms with Crippen LogP contribution in [0.1, 0.15) is 27.2 Å². The van der Waals surface area contributed by atoms with Crippen LogP contribution in [0.5, 0.6) is 0 Å². The van der Waals surface area contributed by atoms with Crippen molar-refractivity contribution in [3.63, 3.8) is 0 Å². The predicted molar refractivity (Wildman–Crippen MR) is 51.4 cm³/mol. The zero-order valence-electron chi connectivity index (χ0n) is 8.99. The fourth-order valence-electron chi connectivity index (χ4n) is 3.29. The Bertz CT molecular complexity index is 300. The van der Waals surface area contributed by atoms with Gasteiger partial charge in [0.05, 0.1) is 12.6 Å². The summed E-state index contributed by atoms with van der Waals surface area (Å²) in [5, 5.41) is 0. The average molecular weight is 195 g/mol. The third kappa shape index (κ3) is 0.888. The summed E-state index contributed by atoms with van der Waals surface area (Å²) in [6.07, 6.45) is 1.15. The van der Waals surface area contributed by atoms with Crippen molar-refractivity contribution >= 4 is 5.91 Å². The lowest BCUT2D eigenvalue weighted by atomic mass is 10.0. The van der Waals surface area contributed by atoms with Crippen molar-refractivity contribution < 1.29 is 9.53 Å². The van der Waals surface area contributed by atoms with Crippen molar-refractivity contribution in [2.45, 2.75) is 39.0 Å². The number of nitrogens with zero attached hydrogens (tertiary/aromatic N) is 1. The van der Waals surface area contributed by atoms with Gasteiger partial charge in [-0.25, -0.2) is 0 Å². The second-order valence-electron chi connectivity index (χ2n) is 5.40. The minimum Gasteiger partial charge on any atom is -0.354 e. The molecule has 1 saturated carbocycles.